The van der Waals surface area contributed by atoms with E-state index in [4.69, 9.17) is 9.84 Å². The molecule has 0 unspecified atom stereocenters. The Balaban J connectivity index is 1.58. The zero-order chi connectivity index (χ0) is 26.9. The SMILES string of the molecule is Cc1ccc(-n2nc(-c3ccccc3)c3c2N(CC(=O)N2CCOCC2)C(=O)CS[C@@H]3c2sccc2C)cc1. The number of aryl methyl sites for hydroxylation is 2. The Bertz CT molecular complexity index is 1490. The van der Waals surface area contributed by atoms with Gasteiger partial charge in [0.25, 0.3) is 0 Å². The van der Waals surface area contributed by atoms with Gasteiger partial charge in [-0.1, -0.05) is 48.0 Å². The van der Waals surface area contributed by atoms with Crippen LogP contribution in [-0.2, 0) is 14.3 Å². The lowest BCUT2D eigenvalue weighted by atomic mass is 10.0. The smallest absolute Gasteiger partial charge is 0.242 e. The van der Waals surface area contributed by atoms with Crippen molar-refractivity contribution in [3.63, 3.8) is 0 Å². The van der Waals surface area contributed by atoms with Crippen molar-refractivity contribution in [1.29, 1.82) is 0 Å². The molecule has 0 radical (unpaired) electrons. The Hall–Kier alpha value is -3.40. The number of thioether (sulfide) groups is 1. The highest BCUT2D eigenvalue weighted by molar-refractivity contribution is 8.00. The van der Waals surface area contributed by atoms with Crippen LogP contribution in [0.2, 0.25) is 0 Å². The molecule has 4 aromatic rings. The molecule has 4 heterocycles. The van der Waals surface area contributed by atoms with Crippen LogP contribution in [0, 0.1) is 13.8 Å². The number of nitrogens with zero attached hydrogens (tertiary/aromatic N) is 4. The third-order valence-electron chi connectivity index (χ3n) is 7.21. The van der Waals surface area contributed by atoms with Gasteiger partial charge in [-0.25, -0.2) is 4.68 Å². The topological polar surface area (TPSA) is 67.7 Å². The summed E-state index contributed by atoms with van der Waals surface area (Å²) in [5, 5.41) is 7.17. The Morgan fingerprint density at radius 1 is 1.03 bits per heavy atom. The molecule has 2 aromatic heterocycles. The molecular weight excluding hydrogens is 528 g/mol. The highest BCUT2D eigenvalue weighted by atomic mass is 32.2. The summed E-state index contributed by atoms with van der Waals surface area (Å²) in [6.45, 7) is 6.23. The van der Waals surface area contributed by atoms with E-state index in [1.807, 2.05) is 54.1 Å². The predicted octanol–water partition coefficient (Wildman–Crippen LogP) is 5.25. The number of carbonyl (C=O) groups is 2. The van der Waals surface area contributed by atoms with Crippen LogP contribution < -0.4 is 4.90 Å². The zero-order valence-corrected chi connectivity index (χ0v) is 23.6. The van der Waals surface area contributed by atoms with Crippen LogP contribution in [0.3, 0.4) is 0 Å². The number of morpholine rings is 1. The fraction of sp³-hybridized carbons (Fsp3) is 0.300. The average molecular weight is 559 g/mol. The Kier molecular flexibility index (Phi) is 7.29. The first-order valence-corrected chi connectivity index (χ1v) is 15.0. The third-order valence-corrected chi connectivity index (χ3v) is 9.66. The van der Waals surface area contributed by atoms with Crippen LogP contribution >= 0.6 is 23.1 Å². The minimum Gasteiger partial charge on any atom is -0.378 e. The monoisotopic (exact) mass is 558 g/mol. The molecule has 7 nitrogen and oxygen atoms in total. The molecule has 0 spiro atoms. The van der Waals surface area contributed by atoms with Gasteiger partial charge in [0.2, 0.25) is 11.8 Å². The van der Waals surface area contributed by atoms with E-state index in [1.165, 1.54) is 10.4 Å². The van der Waals surface area contributed by atoms with E-state index in [0.29, 0.717) is 32.1 Å². The molecule has 0 aliphatic carbocycles. The quantitative estimate of drug-likeness (QED) is 0.335. The normalized spacial score (nSPS) is 17.7. The molecule has 2 aliphatic rings. The number of thiophene rings is 1. The van der Waals surface area contributed by atoms with Crippen LogP contribution in [0.5, 0.6) is 0 Å². The van der Waals surface area contributed by atoms with E-state index in [1.54, 1.807) is 32.9 Å². The first-order valence-electron chi connectivity index (χ1n) is 13.1. The van der Waals surface area contributed by atoms with Crippen molar-refractivity contribution in [3.8, 4) is 16.9 Å². The molecule has 9 heteroatoms. The van der Waals surface area contributed by atoms with Gasteiger partial charge in [0.05, 0.1) is 35.6 Å². The molecule has 1 saturated heterocycles. The van der Waals surface area contributed by atoms with Crippen LogP contribution in [0.25, 0.3) is 16.9 Å². The molecule has 0 bridgehead atoms. The minimum atomic E-state index is -0.0955. The molecule has 2 aliphatic heterocycles. The molecule has 1 fully saturated rings. The number of carbonyl (C=O) groups excluding carboxylic acids is 2. The molecule has 39 heavy (non-hydrogen) atoms. The van der Waals surface area contributed by atoms with Crippen LogP contribution in [0.4, 0.5) is 5.82 Å². The van der Waals surface area contributed by atoms with Gasteiger partial charge in [0.1, 0.15) is 12.4 Å². The van der Waals surface area contributed by atoms with Crippen molar-refractivity contribution >= 4 is 40.7 Å². The second-order valence-electron chi connectivity index (χ2n) is 9.83. The van der Waals surface area contributed by atoms with Crippen LogP contribution in [0.1, 0.15) is 26.8 Å². The molecule has 2 amide bonds. The van der Waals surface area contributed by atoms with Crippen LogP contribution in [0.15, 0.2) is 66.0 Å². The zero-order valence-electron chi connectivity index (χ0n) is 22.0. The lowest BCUT2D eigenvalue weighted by Gasteiger charge is -2.30. The van der Waals surface area contributed by atoms with E-state index in [2.05, 4.69) is 30.5 Å². The maximum atomic E-state index is 13.9. The maximum absolute atomic E-state index is 13.9. The van der Waals surface area contributed by atoms with E-state index in [-0.39, 0.29) is 29.4 Å². The second kappa shape index (κ2) is 11.0. The largest absolute Gasteiger partial charge is 0.378 e. The van der Waals surface area contributed by atoms with E-state index in [0.717, 1.165) is 28.1 Å². The summed E-state index contributed by atoms with van der Waals surface area (Å²) in [6.07, 6.45) is 0. The molecule has 2 aromatic carbocycles. The number of aromatic nitrogens is 2. The standard InChI is InChI=1S/C30H30N4O3S2/c1-20-8-10-23(11-9-20)34-30-26(27(31-34)22-6-4-3-5-7-22)29(28-21(2)12-17-38-28)39-19-25(36)33(30)18-24(35)32-13-15-37-16-14-32/h3-12,17,29H,13-16,18-19H2,1-2H3/t29-/m0/s1. The first-order chi connectivity index (χ1) is 19.0. The van der Waals surface area contributed by atoms with E-state index >= 15 is 0 Å². The predicted molar refractivity (Wildman–Crippen MR) is 157 cm³/mol. The Morgan fingerprint density at radius 2 is 1.77 bits per heavy atom. The average Bonchev–Trinajstić information content (AvgIpc) is 3.54. The van der Waals surface area contributed by atoms with Gasteiger partial charge in [-0.05, 0) is 43.0 Å². The fourth-order valence-corrected chi connectivity index (χ4v) is 7.57. The van der Waals surface area contributed by atoms with Crippen molar-refractivity contribution in [2.75, 3.05) is 43.5 Å². The Morgan fingerprint density at radius 3 is 2.46 bits per heavy atom. The number of hydrogen-bond acceptors (Lipinski definition) is 6. The summed E-state index contributed by atoms with van der Waals surface area (Å²) in [7, 11) is 0. The summed E-state index contributed by atoms with van der Waals surface area (Å²) in [4.78, 5) is 32.0. The summed E-state index contributed by atoms with van der Waals surface area (Å²) in [6, 6.07) is 20.4. The number of rotatable bonds is 5. The summed E-state index contributed by atoms with van der Waals surface area (Å²) in [5.74, 6) is 0.778. The van der Waals surface area contributed by atoms with Gasteiger partial charge >= 0.3 is 0 Å². The summed E-state index contributed by atoms with van der Waals surface area (Å²) < 4.78 is 7.32. The Labute approximate surface area is 236 Å². The van der Waals surface area contributed by atoms with Crippen molar-refractivity contribution in [3.05, 3.63) is 87.6 Å². The first kappa shape index (κ1) is 25.9. The number of ether oxygens (including phenoxy) is 1. The van der Waals surface area contributed by atoms with Crippen molar-refractivity contribution in [1.82, 2.24) is 14.7 Å². The number of fused-ring (bicyclic) bond motifs is 1. The van der Waals surface area contributed by atoms with Crippen molar-refractivity contribution in [2.24, 2.45) is 0 Å². The summed E-state index contributed by atoms with van der Waals surface area (Å²) >= 11 is 3.32. The lowest BCUT2D eigenvalue weighted by Crippen LogP contribution is -2.48. The van der Waals surface area contributed by atoms with Crippen LogP contribution in [-0.4, -0.2) is 65.1 Å². The molecular formula is C30H30N4O3S2. The highest BCUT2D eigenvalue weighted by Crippen LogP contribution is 2.50. The maximum Gasteiger partial charge on any atom is 0.242 e. The minimum absolute atomic E-state index is 0.0334. The second-order valence-corrected chi connectivity index (χ2v) is 11.9. The molecule has 200 valence electrons. The highest BCUT2D eigenvalue weighted by Gasteiger charge is 2.39. The number of hydrogen-bond donors (Lipinski definition) is 0. The van der Waals surface area contributed by atoms with Gasteiger partial charge in [-0.3, -0.25) is 14.5 Å². The van der Waals surface area contributed by atoms with E-state index in [9.17, 15) is 9.59 Å². The third kappa shape index (κ3) is 5.02. The number of benzene rings is 2. The van der Waals surface area contributed by atoms with Gasteiger partial charge in [0, 0.05) is 29.1 Å². The van der Waals surface area contributed by atoms with Crippen molar-refractivity contribution in [2.45, 2.75) is 19.1 Å². The molecule has 6 rings (SSSR count). The van der Waals surface area contributed by atoms with Gasteiger partial charge < -0.3 is 9.64 Å². The number of anilines is 1. The van der Waals surface area contributed by atoms with Gasteiger partial charge in [-0.2, -0.15) is 5.10 Å². The van der Waals surface area contributed by atoms with Gasteiger partial charge in [-0.15, -0.1) is 23.1 Å². The molecule has 1 atom stereocenters. The molecule has 0 saturated carbocycles. The number of amides is 2. The molecule has 0 N–H and O–H groups in total. The van der Waals surface area contributed by atoms with Gasteiger partial charge in [0.15, 0.2) is 0 Å². The van der Waals surface area contributed by atoms with Crippen molar-refractivity contribution < 1.29 is 14.3 Å². The van der Waals surface area contributed by atoms with E-state index < -0.39 is 0 Å². The lowest BCUT2D eigenvalue weighted by molar-refractivity contribution is -0.134. The fourth-order valence-electron chi connectivity index (χ4n) is 5.10. The summed E-state index contributed by atoms with van der Waals surface area (Å²) in [5.41, 5.74) is 5.96.